The van der Waals surface area contributed by atoms with Gasteiger partial charge in [-0.2, -0.15) is 0 Å². The number of halogens is 1. The first-order valence-corrected chi connectivity index (χ1v) is 10.6. The molecule has 0 saturated carbocycles. The summed E-state index contributed by atoms with van der Waals surface area (Å²) in [7, 11) is 1.53. The van der Waals surface area contributed by atoms with E-state index in [1.165, 1.54) is 7.11 Å². The van der Waals surface area contributed by atoms with Gasteiger partial charge in [-0.25, -0.2) is 4.79 Å². The van der Waals surface area contributed by atoms with Gasteiger partial charge in [-0.1, -0.05) is 11.6 Å². The van der Waals surface area contributed by atoms with E-state index in [-0.39, 0.29) is 30.3 Å². The van der Waals surface area contributed by atoms with Crippen LogP contribution < -0.4 is 4.74 Å². The van der Waals surface area contributed by atoms with Crippen LogP contribution in [0.25, 0.3) is 0 Å². The standard InChI is InChI=1S/C23H31NO7.ClH/c1-14(12-16(22(26)27)6-7-24-8-10-30-11-9-24)4-5-17-20(25)19-18(13-31-23(19)28)15(2)21(17)29-3;/h4,16,25H,5-13H2,1-3H3,(H,26,27);1H/b14-4+;. The van der Waals surface area contributed by atoms with Crippen LogP contribution in [0.5, 0.6) is 11.5 Å². The van der Waals surface area contributed by atoms with E-state index in [0.29, 0.717) is 49.4 Å². The number of hydrogen-bond donors (Lipinski definition) is 2. The number of carboxylic acids is 1. The first-order valence-electron chi connectivity index (χ1n) is 10.6. The second kappa shape index (κ2) is 11.5. The largest absolute Gasteiger partial charge is 0.507 e. The molecule has 0 bridgehead atoms. The van der Waals surface area contributed by atoms with Crippen molar-refractivity contribution in [3.8, 4) is 11.5 Å². The summed E-state index contributed by atoms with van der Waals surface area (Å²) in [5.74, 6) is -1.41. The number of ether oxygens (including phenoxy) is 3. The van der Waals surface area contributed by atoms with E-state index < -0.39 is 17.9 Å². The predicted molar refractivity (Wildman–Crippen MR) is 121 cm³/mol. The van der Waals surface area contributed by atoms with Gasteiger partial charge in [0.25, 0.3) is 0 Å². The molecule has 3 rings (SSSR count). The summed E-state index contributed by atoms with van der Waals surface area (Å²) >= 11 is 0. The second-order valence-electron chi connectivity index (χ2n) is 8.15. The quantitative estimate of drug-likeness (QED) is 0.420. The van der Waals surface area contributed by atoms with Crippen molar-refractivity contribution >= 4 is 24.3 Å². The number of benzene rings is 1. The van der Waals surface area contributed by atoms with Crippen molar-refractivity contribution in [2.24, 2.45) is 5.92 Å². The lowest BCUT2D eigenvalue weighted by Gasteiger charge is -2.27. The summed E-state index contributed by atoms with van der Waals surface area (Å²) in [6, 6.07) is 0. The van der Waals surface area contributed by atoms with Gasteiger partial charge in [0.05, 0.1) is 26.2 Å². The average Bonchev–Trinajstić information content (AvgIpc) is 3.15. The van der Waals surface area contributed by atoms with Gasteiger partial charge in [-0.3, -0.25) is 9.69 Å². The monoisotopic (exact) mass is 469 g/mol. The number of esters is 1. The number of cyclic esters (lactones) is 1. The number of morpholine rings is 1. The Hall–Kier alpha value is -2.29. The molecule has 1 fully saturated rings. The number of phenols is 1. The third kappa shape index (κ3) is 5.74. The summed E-state index contributed by atoms with van der Waals surface area (Å²) in [6.07, 6.45) is 3.22. The molecule has 0 radical (unpaired) electrons. The van der Waals surface area contributed by atoms with Crippen molar-refractivity contribution in [1.82, 2.24) is 4.90 Å². The average molecular weight is 470 g/mol. The molecule has 32 heavy (non-hydrogen) atoms. The summed E-state index contributed by atoms with van der Waals surface area (Å²) < 4.78 is 15.9. The number of carbonyl (C=O) groups excluding carboxylic acids is 1. The molecule has 8 nitrogen and oxygen atoms in total. The Bertz CT molecular complexity index is 878. The molecule has 0 aliphatic carbocycles. The number of allylic oxidation sites excluding steroid dienone is 2. The number of hydrogen-bond acceptors (Lipinski definition) is 7. The molecule has 9 heteroatoms. The molecular formula is C23H32ClNO7. The number of carbonyl (C=O) groups is 2. The Morgan fingerprint density at radius 1 is 1.31 bits per heavy atom. The lowest BCUT2D eigenvalue weighted by molar-refractivity contribution is -0.142. The maximum absolute atomic E-state index is 12.0. The first-order chi connectivity index (χ1) is 14.8. The topological polar surface area (TPSA) is 106 Å². The SMILES string of the molecule is COc1c(C)c2c(c(O)c1C/C=C(\C)CC(CCN1CCOCC1)C(=O)O)C(=O)OC2.Cl. The van der Waals surface area contributed by atoms with E-state index in [0.717, 1.165) is 30.8 Å². The normalized spacial score (nSPS) is 17.3. The maximum atomic E-state index is 12.0. The molecule has 178 valence electrons. The fraction of sp³-hybridized carbons (Fsp3) is 0.565. The van der Waals surface area contributed by atoms with Gasteiger partial charge < -0.3 is 24.4 Å². The molecule has 0 spiro atoms. The van der Waals surface area contributed by atoms with Crippen LogP contribution in [0.15, 0.2) is 11.6 Å². The molecule has 2 heterocycles. The van der Waals surface area contributed by atoms with Crippen LogP contribution in [-0.4, -0.2) is 67.0 Å². The molecule has 1 aromatic rings. The molecule has 0 amide bonds. The van der Waals surface area contributed by atoms with Crippen molar-refractivity contribution in [2.75, 3.05) is 40.0 Å². The Kier molecular flexibility index (Phi) is 9.36. The van der Waals surface area contributed by atoms with Crippen LogP contribution >= 0.6 is 12.4 Å². The number of aromatic hydroxyl groups is 1. The molecule has 0 aromatic heterocycles. The minimum Gasteiger partial charge on any atom is -0.507 e. The third-order valence-corrected chi connectivity index (χ3v) is 6.12. The predicted octanol–water partition coefficient (Wildman–Crippen LogP) is 3.10. The molecule has 1 aromatic carbocycles. The molecule has 1 atom stereocenters. The van der Waals surface area contributed by atoms with Gasteiger partial charge in [0.2, 0.25) is 0 Å². The van der Waals surface area contributed by atoms with Gasteiger partial charge in [0.1, 0.15) is 23.7 Å². The van der Waals surface area contributed by atoms with E-state index >= 15 is 0 Å². The summed E-state index contributed by atoms with van der Waals surface area (Å²) in [6.45, 7) is 7.64. The lowest BCUT2D eigenvalue weighted by Crippen LogP contribution is -2.38. The van der Waals surface area contributed by atoms with Gasteiger partial charge in [0.15, 0.2) is 0 Å². The number of phenolic OH excluding ortho intramolecular Hbond substituents is 1. The van der Waals surface area contributed by atoms with Crippen LogP contribution in [0.1, 0.15) is 46.8 Å². The fourth-order valence-electron chi connectivity index (χ4n) is 4.25. The highest BCUT2D eigenvalue weighted by molar-refractivity contribution is 5.98. The van der Waals surface area contributed by atoms with Crippen LogP contribution in [0.2, 0.25) is 0 Å². The van der Waals surface area contributed by atoms with E-state index in [9.17, 15) is 19.8 Å². The molecule has 2 aliphatic rings. The van der Waals surface area contributed by atoms with Crippen LogP contribution in [0.4, 0.5) is 0 Å². The second-order valence-corrected chi connectivity index (χ2v) is 8.15. The number of carboxylic acid groups (broad SMARTS) is 1. The van der Waals surface area contributed by atoms with Gasteiger partial charge in [-0.15, -0.1) is 12.4 Å². The Balaban J connectivity index is 0.00000363. The maximum Gasteiger partial charge on any atom is 0.342 e. The molecular weight excluding hydrogens is 438 g/mol. The first kappa shape index (κ1) is 26.0. The summed E-state index contributed by atoms with van der Waals surface area (Å²) in [5, 5.41) is 20.4. The Labute approximate surface area is 194 Å². The zero-order valence-corrected chi connectivity index (χ0v) is 19.6. The third-order valence-electron chi connectivity index (χ3n) is 6.12. The van der Waals surface area contributed by atoms with E-state index in [1.807, 2.05) is 19.9 Å². The Morgan fingerprint density at radius 2 is 2.00 bits per heavy atom. The highest BCUT2D eigenvalue weighted by Gasteiger charge is 2.32. The smallest absolute Gasteiger partial charge is 0.342 e. The van der Waals surface area contributed by atoms with Crippen LogP contribution in [-0.2, 0) is 27.3 Å². The Morgan fingerprint density at radius 3 is 2.62 bits per heavy atom. The zero-order valence-electron chi connectivity index (χ0n) is 18.8. The molecule has 2 N–H and O–H groups in total. The van der Waals surface area contributed by atoms with Gasteiger partial charge in [-0.05, 0) is 45.2 Å². The van der Waals surface area contributed by atoms with Crippen molar-refractivity contribution in [1.29, 1.82) is 0 Å². The van der Waals surface area contributed by atoms with Crippen LogP contribution in [0, 0.1) is 12.8 Å². The summed E-state index contributed by atoms with van der Waals surface area (Å²) in [4.78, 5) is 26.0. The van der Waals surface area contributed by atoms with E-state index in [1.54, 1.807) is 0 Å². The molecule has 2 aliphatic heterocycles. The van der Waals surface area contributed by atoms with Crippen molar-refractivity contribution in [3.63, 3.8) is 0 Å². The minimum absolute atomic E-state index is 0. The molecule has 1 unspecified atom stereocenters. The van der Waals surface area contributed by atoms with Gasteiger partial charge in [0, 0.05) is 24.2 Å². The van der Waals surface area contributed by atoms with E-state index in [2.05, 4.69) is 4.90 Å². The number of aliphatic carboxylic acids is 1. The highest BCUT2D eigenvalue weighted by atomic mass is 35.5. The number of methoxy groups -OCH3 is 1. The molecule has 1 saturated heterocycles. The highest BCUT2D eigenvalue weighted by Crippen LogP contribution is 2.42. The lowest BCUT2D eigenvalue weighted by atomic mass is 9.93. The van der Waals surface area contributed by atoms with Crippen molar-refractivity contribution < 1.29 is 34.0 Å². The van der Waals surface area contributed by atoms with Gasteiger partial charge >= 0.3 is 11.9 Å². The zero-order chi connectivity index (χ0) is 22.5. The fourth-order valence-corrected chi connectivity index (χ4v) is 4.25. The summed E-state index contributed by atoms with van der Waals surface area (Å²) in [5.41, 5.74) is 3.05. The van der Waals surface area contributed by atoms with Crippen LogP contribution in [0.3, 0.4) is 0 Å². The van der Waals surface area contributed by atoms with Crippen molar-refractivity contribution in [2.45, 2.75) is 39.7 Å². The minimum atomic E-state index is -0.808. The number of rotatable bonds is 9. The number of nitrogens with zero attached hydrogens (tertiary/aromatic N) is 1. The van der Waals surface area contributed by atoms with Crippen molar-refractivity contribution in [3.05, 3.63) is 33.9 Å². The number of fused-ring (bicyclic) bond motifs is 1. The van der Waals surface area contributed by atoms with E-state index in [4.69, 9.17) is 14.2 Å².